The molecule has 0 aliphatic carbocycles. The molecular weight excluding hydrogens is 238 g/mol. The smallest absolute Gasteiger partial charge is 0.0455 e. The zero-order chi connectivity index (χ0) is 11.5. The quantitative estimate of drug-likeness (QED) is 0.817. The van der Waals surface area contributed by atoms with Crippen LogP contribution in [0.3, 0.4) is 0 Å². The molecule has 0 amide bonds. The van der Waals surface area contributed by atoms with Crippen LogP contribution in [-0.4, -0.2) is 19.0 Å². The predicted octanol–water partition coefficient (Wildman–Crippen LogP) is 3.74. The monoisotopic (exact) mass is 251 g/mol. The van der Waals surface area contributed by atoms with Crippen molar-refractivity contribution >= 4 is 38.6 Å². The first kappa shape index (κ1) is 11.6. The van der Waals surface area contributed by atoms with E-state index in [0.29, 0.717) is 5.88 Å². The molecule has 84 valence electrons. The van der Waals surface area contributed by atoms with Crippen LogP contribution >= 0.6 is 22.9 Å². The molecular formula is C13H14ClNS. The van der Waals surface area contributed by atoms with Crippen molar-refractivity contribution in [1.29, 1.82) is 0 Å². The van der Waals surface area contributed by atoms with Crippen molar-refractivity contribution in [3.63, 3.8) is 0 Å². The fraction of sp³-hybridized carbons (Fsp3) is 0.231. The summed E-state index contributed by atoms with van der Waals surface area (Å²) in [5.41, 5.74) is 2.21. The Labute approximate surface area is 105 Å². The second kappa shape index (κ2) is 5.00. The SMILES string of the molecule is C=C(c1ccc2ccsc2c1)C(CCl)NC. The van der Waals surface area contributed by atoms with Crippen LogP contribution in [0.4, 0.5) is 0 Å². The van der Waals surface area contributed by atoms with Gasteiger partial charge >= 0.3 is 0 Å². The number of fused-ring (bicyclic) bond motifs is 1. The summed E-state index contributed by atoms with van der Waals surface area (Å²) >= 11 is 7.64. The minimum Gasteiger partial charge on any atom is -0.312 e. The van der Waals surface area contributed by atoms with Crippen molar-refractivity contribution in [2.75, 3.05) is 12.9 Å². The van der Waals surface area contributed by atoms with Gasteiger partial charge in [0.1, 0.15) is 0 Å². The van der Waals surface area contributed by atoms with Crippen LogP contribution in [0.1, 0.15) is 5.56 Å². The van der Waals surface area contributed by atoms with Gasteiger partial charge in [0.2, 0.25) is 0 Å². The Bertz CT molecular complexity index is 499. The molecule has 0 spiro atoms. The van der Waals surface area contributed by atoms with Crippen LogP contribution in [0.2, 0.25) is 0 Å². The maximum Gasteiger partial charge on any atom is 0.0455 e. The van der Waals surface area contributed by atoms with Crippen LogP contribution in [0, 0.1) is 0 Å². The fourth-order valence-electron chi connectivity index (χ4n) is 1.70. The van der Waals surface area contributed by atoms with E-state index in [9.17, 15) is 0 Å². The summed E-state index contributed by atoms with van der Waals surface area (Å²) in [5, 5.41) is 6.55. The Balaban J connectivity index is 2.35. The molecule has 1 heterocycles. The number of benzene rings is 1. The highest BCUT2D eigenvalue weighted by molar-refractivity contribution is 7.17. The molecule has 1 atom stereocenters. The van der Waals surface area contributed by atoms with Crippen LogP contribution < -0.4 is 5.32 Å². The van der Waals surface area contributed by atoms with Crippen LogP contribution in [-0.2, 0) is 0 Å². The lowest BCUT2D eigenvalue weighted by Crippen LogP contribution is -2.27. The van der Waals surface area contributed by atoms with Gasteiger partial charge in [0, 0.05) is 16.6 Å². The summed E-state index contributed by atoms with van der Waals surface area (Å²) in [6, 6.07) is 8.68. The van der Waals surface area contributed by atoms with Gasteiger partial charge in [-0.1, -0.05) is 18.7 Å². The lowest BCUT2D eigenvalue weighted by atomic mass is 10.0. The molecule has 1 nitrogen and oxygen atoms in total. The van der Waals surface area contributed by atoms with Crippen molar-refractivity contribution in [3.05, 3.63) is 41.8 Å². The Morgan fingerprint density at radius 3 is 3.00 bits per heavy atom. The van der Waals surface area contributed by atoms with Crippen molar-refractivity contribution in [3.8, 4) is 0 Å². The lowest BCUT2D eigenvalue weighted by molar-refractivity contribution is 0.752. The molecule has 0 saturated heterocycles. The average molecular weight is 252 g/mol. The van der Waals surface area contributed by atoms with E-state index in [1.807, 2.05) is 7.05 Å². The molecule has 0 aliphatic rings. The largest absolute Gasteiger partial charge is 0.312 e. The zero-order valence-corrected chi connectivity index (χ0v) is 10.7. The van der Waals surface area contributed by atoms with Crippen molar-refractivity contribution < 1.29 is 0 Å². The van der Waals surface area contributed by atoms with Gasteiger partial charge in [-0.3, -0.25) is 0 Å². The third-order valence-corrected chi connectivity index (χ3v) is 3.94. The molecule has 0 radical (unpaired) electrons. The fourth-order valence-corrected chi connectivity index (χ4v) is 2.87. The Hall–Kier alpha value is -0.830. The van der Waals surface area contributed by atoms with Crippen LogP contribution in [0.5, 0.6) is 0 Å². The zero-order valence-electron chi connectivity index (χ0n) is 9.16. The molecule has 0 saturated carbocycles. The molecule has 0 aliphatic heterocycles. The summed E-state index contributed by atoms with van der Waals surface area (Å²) in [6.45, 7) is 4.12. The second-order valence-corrected chi connectivity index (χ2v) is 4.95. The van der Waals surface area contributed by atoms with E-state index in [2.05, 4.69) is 41.5 Å². The second-order valence-electron chi connectivity index (χ2n) is 3.69. The van der Waals surface area contributed by atoms with Crippen molar-refractivity contribution in [2.24, 2.45) is 0 Å². The van der Waals surface area contributed by atoms with Gasteiger partial charge < -0.3 is 5.32 Å². The minimum absolute atomic E-state index is 0.138. The molecule has 2 rings (SSSR count). The average Bonchev–Trinajstić information content (AvgIpc) is 2.77. The third-order valence-electron chi connectivity index (χ3n) is 2.75. The number of likely N-dealkylation sites (N-methyl/N-ethyl adjacent to an activating group) is 1. The van der Waals surface area contributed by atoms with Gasteiger partial charge in [0.25, 0.3) is 0 Å². The maximum atomic E-state index is 5.89. The first-order chi connectivity index (χ1) is 7.76. The molecule has 1 aromatic heterocycles. The van der Waals surface area contributed by atoms with E-state index in [-0.39, 0.29) is 6.04 Å². The molecule has 1 unspecified atom stereocenters. The Morgan fingerprint density at radius 1 is 1.50 bits per heavy atom. The highest BCUT2D eigenvalue weighted by Gasteiger charge is 2.11. The van der Waals surface area contributed by atoms with Gasteiger partial charge in [-0.2, -0.15) is 0 Å². The molecule has 3 heteroatoms. The molecule has 1 N–H and O–H groups in total. The molecule has 16 heavy (non-hydrogen) atoms. The van der Waals surface area contributed by atoms with Crippen LogP contribution in [0.25, 0.3) is 15.7 Å². The molecule has 0 bridgehead atoms. The topological polar surface area (TPSA) is 12.0 Å². The van der Waals surface area contributed by atoms with E-state index >= 15 is 0 Å². The molecule has 2 aromatic rings. The number of rotatable bonds is 4. The Morgan fingerprint density at radius 2 is 2.31 bits per heavy atom. The van der Waals surface area contributed by atoms with Gasteiger partial charge in [-0.25, -0.2) is 0 Å². The summed E-state index contributed by atoms with van der Waals surface area (Å²) in [6.07, 6.45) is 0. The number of alkyl halides is 1. The normalized spacial score (nSPS) is 12.9. The van der Waals surface area contributed by atoms with E-state index in [4.69, 9.17) is 11.6 Å². The first-order valence-electron chi connectivity index (χ1n) is 5.16. The molecule has 0 fully saturated rings. The van der Waals surface area contributed by atoms with Crippen LogP contribution in [0.15, 0.2) is 36.2 Å². The summed E-state index contributed by atoms with van der Waals surface area (Å²) in [7, 11) is 1.90. The predicted molar refractivity (Wildman–Crippen MR) is 74.4 cm³/mol. The van der Waals surface area contributed by atoms with Gasteiger partial charge in [-0.05, 0) is 41.1 Å². The van der Waals surface area contributed by atoms with Gasteiger partial charge in [0.15, 0.2) is 0 Å². The lowest BCUT2D eigenvalue weighted by Gasteiger charge is -2.16. The summed E-state index contributed by atoms with van der Waals surface area (Å²) in [5.74, 6) is 0.539. The molecule has 1 aromatic carbocycles. The van der Waals surface area contributed by atoms with E-state index < -0.39 is 0 Å². The summed E-state index contributed by atoms with van der Waals surface area (Å²) in [4.78, 5) is 0. The minimum atomic E-state index is 0.138. The number of halogens is 1. The maximum absolute atomic E-state index is 5.89. The standard InChI is InChI=1S/C13H14ClNS/c1-9(12(8-14)15-2)11-4-3-10-5-6-16-13(10)7-11/h3-7,12,15H,1,8H2,2H3. The van der Waals surface area contributed by atoms with E-state index in [0.717, 1.165) is 11.1 Å². The number of thiophene rings is 1. The van der Waals surface area contributed by atoms with E-state index in [1.54, 1.807) is 11.3 Å². The van der Waals surface area contributed by atoms with Gasteiger partial charge in [0.05, 0.1) is 0 Å². The Kier molecular flexibility index (Phi) is 3.64. The third kappa shape index (κ3) is 2.14. The summed E-state index contributed by atoms with van der Waals surface area (Å²) < 4.78 is 1.29. The first-order valence-corrected chi connectivity index (χ1v) is 6.57. The highest BCUT2D eigenvalue weighted by Crippen LogP contribution is 2.26. The van der Waals surface area contributed by atoms with Crippen molar-refractivity contribution in [1.82, 2.24) is 5.32 Å². The highest BCUT2D eigenvalue weighted by atomic mass is 35.5. The van der Waals surface area contributed by atoms with E-state index in [1.165, 1.54) is 10.1 Å². The number of hydrogen-bond acceptors (Lipinski definition) is 2. The van der Waals surface area contributed by atoms with Gasteiger partial charge in [-0.15, -0.1) is 22.9 Å². The van der Waals surface area contributed by atoms with Crippen molar-refractivity contribution in [2.45, 2.75) is 6.04 Å². The number of hydrogen-bond donors (Lipinski definition) is 1. The number of nitrogens with one attached hydrogen (secondary N) is 1.